The second kappa shape index (κ2) is 9.69. The van der Waals surface area contributed by atoms with Crippen molar-refractivity contribution in [1.82, 2.24) is 9.55 Å². The predicted molar refractivity (Wildman–Crippen MR) is 148 cm³/mol. The molecule has 4 aromatic rings. The summed E-state index contributed by atoms with van der Waals surface area (Å²) in [5.74, 6) is 1.19. The van der Waals surface area contributed by atoms with Crippen molar-refractivity contribution >= 4 is 12.2 Å². The molecule has 1 aromatic heterocycles. The highest BCUT2D eigenvalue weighted by Gasteiger charge is 2.43. The van der Waals surface area contributed by atoms with Gasteiger partial charge in [0.05, 0.1) is 30.3 Å². The van der Waals surface area contributed by atoms with E-state index in [9.17, 15) is 4.79 Å². The van der Waals surface area contributed by atoms with Gasteiger partial charge in [0.15, 0.2) is 0 Å². The van der Waals surface area contributed by atoms with E-state index >= 15 is 0 Å². The number of nitrogens with one attached hydrogen (secondary N) is 1. The Morgan fingerprint density at radius 3 is 2.43 bits per heavy atom. The summed E-state index contributed by atoms with van der Waals surface area (Å²) in [7, 11) is 1.64. The smallest absolute Gasteiger partial charge is 0.263 e. The monoisotopic (exact) mass is 490 g/mol. The van der Waals surface area contributed by atoms with Crippen LogP contribution in [0, 0.1) is 0 Å². The molecule has 6 rings (SSSR count). The molecule has 1 spiro atoms. The van der Waals surface area contributed by atoms with Gasteiger partial charge in [-0.1, -0.05) is 61.7 Å². The zero-order chi connectivity index (χ0) is 25.2. The summed E-state index contributed by atoms with van der Waals surface area (Å²) >= 11 is 0. The zero-order valence-electron chi connectivity index (χ0n) is 21.0. The van der Waals surface area contributed by atoms with E-state index in [1.54, 1.807) is 17.9 Å². The topological polar surface area (TPSA) is 68.5 Å². The van der Waals surface area contributed by atoms with Gasteiger partial charge in [0, 0.05) is 11.0 Å². The minimum Gasteiger partial charge on any atom is -0.497 e. The lowest BCUT2D eigenvalue weighted by Crippen LogP contribution is -2.42. The third kappa shape index (κ3) is 4.22. The van der Waals surface area contributed by atoms with Crippen LogP contribution in [0.2, 0.25) is 0 Å². The van der Waals surface area contributed by atoms with Crippen molar-refractivity contribution in [1.29, 1.82) is 0 Å². The molecule has 1 heterocycles. The average Bonchev–Trinajstić information content (AvgIpc) is 2.94. The normalized spacial score (nSPS) is 15.8. The van der Waals surface area contributed by atoms with Gasteiger partial charge in [-0.05, 0) is 66.8 Å². The quantitative estimate of drug-likeness (QED) is 0.271. The van der Waals surface area contributed by atoms with Crippen LogP contribution in [-0.4, -0.2) is 22.9 Å². The van der Waals surface area contributed by atoms with E-state index in [4.69, 9.17) is 9.72 Å². The van der Waals surface area contributed by atoms with Crippen LogP contribution < -0.4 is 15.7 Å². The molecular formula is C31H30N4O2. The number of hydrogen-bond donors (Lipinski definition) is 1. The molecule has 0 bridgehead atoms. The number of para-hydroxylation sites is 1. The molecule has 0 atom stereocenters. The fraction of sp³-hybridized carbons (Fsp3) is 0.258. The number of nitrogens with zero attached hydrogens (tertiary/aromatic N) is 3. The summed E-state index contributed by atoms with van der Waals surface area (Å²) in [5.41, 5.74) is 8.57. The first-order valence-electron chi connectivity index (χ1n) is 12.9. The second-order valence-corrected chi connectivity index (χ2v) is 9.95. The van der Waals surface area contributed by atoms with Crippen LogP contribution in [0.15, 0.2) is 88.8 Å². The van der Waals surface area contributed by atoms with E-state index in [1.807, 2.05) is 60.7 Å². The summed E-state index contributed by atoms with van der Waals surface area (Å²) in [4.78, 5) is 19.6. The van der Waals surface area contributed by atoms with Crippen LogP contribution in [0.4, 0.5) is 5.95 Å². The number of hydrogen-bond acceptors (Lipinski definition) is 5. The first-order chi connectivity index (χ1) is 18.2. The predicted octanol–water partition coefficient (Wildman–Crippen LogP) is 6.11. The van der Waals surface area contributed by atoms with Crippen molar-refractivity contribution in [2.75, 3.05) is 12.5 Å². The summed E-state index contributed by atoms with van der Waals surface area (Å²) in [6.45, 7) is 0. The molecule has 2 aliphatic carbocycles. The Morgan fingerprint density at radius 2 is 1.68 bits per heavy atom. The number of fused-ring (bicyclic) bond motifs is 4. The first kappa shape index (κ1) is 23.2. The lowest BCUT2D eigenvalue weighted by Gasteiger charge is -2.42. The Bertz CT molecular complexity index is 1500. The molecule has 3 aromatic carbocycles. The maximum absolute atomic E-state index is 14.4. The van der Waals surface area contributed by atoms with Gasteiger partial charge in [0.25, 0.3) is 5.56 Å². The fourth-order valence-electron chi connectivity index (χ4n) is 5.95. The largest absolute Gasteiger partial charge is 0.497 e. The molecule has 0 aliphatic heterocycles. The molecule has 0 radical (unpaired) electrons. The fourth-order valence-corrected chi connectivity index (χ4v) is 5.95. The van der Waals surface area contributed by atoms with Crippen molar-refractivity contribution < 1.29 is 4.74 Å². The van der Waals surface area contributed by atoms with Crippen LogP contribution in [0.25, 0.3) is 16.9 Å². The molecule has 0 amide bonds. The standard InChI is InChI=1S/C31H30N4O2/c1-37-25-16-14-22(15-17-25)21-32-34-30-33-28-26-13-7-6-10-23(26)20-31(18-8-3-9-19-31)27(28)29(36)35(30)24-11-4-2-5-12-24/h2,4-7,10-17,21H,3,8-9,18-20H2,1H3,(H,33,34). The average molecular weight is 491 g/mol. The van der Waals surface area contributed by atoms with E-state index in [0.717, 1.165) is 65.9 Å². The summed E-state index contributed by atoms with van der Waals surface area (Å²) in [5, 5.41) is 4.47. The van der Waals surface area contributed by atoms with Crippen molar-refractivity contribution in [3.8, 4) is 22.7 Å². The van der Waals surface area contributed by atoms with Crippen molar-refractivity contribution in [2.45, 2.75) is 43.9 Å². The minimum absolute atomic E-state index is 0.00486. The van der Waals surface area contributed by atoms with Gasteiger partial charge < -0.3 is 4.74 Å². The highest BCUT2D eigenvalue weighted by atomic mass is 16.5. The SMILES string of the molecule is COc1ccc(C=NNc2nc3c(c(=O)n2-c2ccccc2)C2(CCCCC2)Cc2ccccc2-3)cc1. The number of anilines is 1. The summed E-state index contributed by atoms with van der Waals surface area (Å²) in [6, 6.07) is 25.7. The molecule has 1 fully saturated rings. The van der Waals surface area contributed by atoms with Crippen LogP contribution in [0.3, 0.4) is 0 Å². The van der Waals surface area contributed by atoms with E-state index in [-0.39, 0.29) is 11.0 Å². The van der Waals surface area contributed by atoms with Gasteiger partial charge in [-0.15, -0.1) is 0 Å². The Balaban J connectivity index is 1.51. The number of hydrazone groups is 1. The number of methoxy groups -OCH3 is 1. The second-order valence-electron chi connectivity index (χ2n) is 9.95. The molecule has 6 heteroatoms. The van der Waals surface area contributed by atoms with Crippen molar-refractivity contribution in [2.24, 2.45) is 5.10 Å². The van der Waals surface area contributed by atoms with E-state index in [1.165, 1.54) is 12.0 Å². The summed E-state index contributed by atoms with van der Waals surface area (Å²) in [6.07, 6.45) is 8.14. The molecule has 0 unspecified atom stereocenters. The number of rotatable bonds is 5. The van der Waals surface area contributed by atoms with E-state index in [2.05, 4.69) is 28.7 Å². The Hall–Kier alpha value is -4.19. The van der Waals surface area contributed by atoms with Crippen molar-refractivity contribution in [3.05, 3.63) is 106 Å². The Labute approximate surface area is 216 Å². The summed E-state index contributed by atoms with van der Waals surface area (Å²) < 4.78 is 6.93. The third-order valence-electron chi connectivity index (χ3n) is 7.73. The highest BCUT2D eigenvalue weighted by Crippen LogP contribution is 2.48. The zero-order valence-corrected chi connectivity index (χ0v) is 21.0. The maximum atomic E-state index is 14.4. The van der Waals surface area contributed by atoms with Crippen LogP contribution in [0.5, 0.6) is 5.75 Å². The third-order valence-corrected chi connectivity index (χ3v) is 7.73. The van der Waals surface area contributed by atoms with Gasteiger partial charge in [0.2, 0.25) is 5.95 Å². The lowest BCUT2D eigenvalue weighted by atomic mass is 9.62. The van der Waals surface area contributed by atoms with Gasteiger partial charge in [-0.3, -0.25) is 4.79 Å². The Kier molecular flexibility index (Phi) is 6.08. The van der Waals surface area contributed by atoms with E-state index < -0.39 is 0 Å². The maximum Gasteiger partial charge on any atom is 0.263 e. The van der Waals surface area contributed by atoms with Gasteiger partial charge in [-0.25, -0.2) is 15.0 Å². The van der Waals surface area contributed by atoms with E-state index in [0.29, 0.717) is 5.95 Å². The molecule has 6 nitrogen and oxygen atoms in total. The Morgan fingerprint density at radius 1 is 0.946 bits per heavy atom. The minimum atomic E-state index is -0.173. The van der Waals surface area contributed by atoms with Crippen LogP contribution >= 0.6 is 0 Å². The lowest BCUT2D eigenvalue weighted by molar-refractivity contribution is 0.284. The van der Waals surface area contributed by atoms with Crippen LogP contribution in [-0.2, 0) is 11.8 Å². The van der Waals surface area contributed by atoms with Gasteiger partial charge in [0.1, 0.15) is 5.75 Å². The number of benzene rings is 3. The number of ether oxygens (including phenoxy) is 1. The van der Waals surface area contributed by atoms with Gasteiger partial charge in [-0.2, -0.15) is 5.10 Å². The first-order valence-corrected chi connectivity index (χ1v) is 12.9. The number of aromatic nitrogens is 2. The van der Waals surface area contributed by atoms with Gasteiger partial charge >= 0.3 is 0 Å². The molecule has 1 N–H and O–H groups in total. The molecule has 0 saturated heterocycles. The molecule has 1 saturated carbocycles. The molecule has 186 valence electrons. The van der Waals surface area contributed by atoms with Crippen LogP contribution in [0.1, 0.15) is 48.8 Å². The highest BCUT2D eigenvalue weighted by molar-refractivity contribution is 5.80. The molecular weight excluding hydrogens is 460 g/mol. The van der Waals surface area contributed by atoms with Crippen molar-refractivity contribution in [3.63, 3.8) is 0 Å². The molecule has 2 aliphatic rings. The molecule has 37 heavy (non-hydrogen) atoms.